The van der Waals surface area contributed by atoms with E-state index in [0.29, 0.717) is 19.1 Å². The Morgan fingerprint density at radius 1 is 1.57 bits per heavy atom. The molecule has 0 unspecified atom stereocenters. The molecular weight excluding hydrogens is 387 g/mol. The summed E-state index contributed by atoms with van der Waals surface area (Å²) in [5.74, 6) is 0.736. The van der Waals surface area contributed by atoms with Gasteiger partial charge in [0.05, 0.1) is 11.5 Å². The lowest BCUT2D eigenvalue weighted by atomic mass is 10.2. The largest absolute Gasteiger partial charge is 0.355 e. The van der Waals surface area contributed by atoms with Crippen molar-refractivity contribution >= 4 is 35.6 Å². The molecule has 0 spiro atoms. The number of guanidine groups is 1. The van der Waals surface area contributed by atoms with E-state index in [9.17, 15) is 10.1 Å². The minimum Gasteiger partial charge on any atom is -0.355 e. The van der Waals surface area contributed by atoms with Crippen molar-refractivity contribution in [3.8, 4) is 0 Å². The highest BCUT2D eigenvalue weighted by atomic mass is 127. The molecule has 0 bridgehead atoms. The zero-order chi connectivity index (χ0) is 14.4. The predicted molar refractivity (Wildman–Crippen MR) is 91.0 cm³/mol. The van der Waals surface area contributed by atoms with Crippen LogP contribution in [0.4, 0.5) is 5.69 Å². The molecule has 0 saturated heterocycles. The minimum atomic E-state index is -0.454. The van der Waals surface area contributed by atoms with E-state index >= 15 is 0 Å². The summed E-state index contributed by atoms with van der Waals surface area (Å²) in [7, 11) is 1.72. The molecule has 0 aromatic carbocycles. The Morgan fingerprint density at radius 3 is 2.86 bits per heavy atom. The highest BCUT2D eigenvalue weighted by Gasteiger charge is 2.12. The van der Waals surface area contributed by atoms with Gasteiger partial charge in [-0.15, -0.1) is 24.0 Å². The molecule has 1 aliphatic rings. The summed E-state index contributed by atoms with van der Waals surface area (Å²) in [5, 5.41) is 20.9. The number of nitro groups is 1. The average molecular weight is 406 g/mol. The van der Waals surface area contributed by atoms with Crippen LogP contribution in [0.3, 0.4) is 0 Å². The van der Waals surface area contributed by atoms with Gasteiger partial charge in [-0.3, -0.25) is 19.8 Å². The topological polar surface area (TPSA) is 97.4 Å². The summed E-state index contributed by atoms with van der Waals surface area (Å²) in [6, 6.07) is 0.395. The summed E-state index contributed by atoms with van der Waals surface area (Å²) >= 11 is 0. The lowest BCUT2D eigenvalue weighted by Crippen LogP contribution is -2.43. The number of aromatic nitrogens is 2. The molecule has 21 heavy (non-hydrogen) atoms. The average Bonchev–Trinajstić information content (AvgIpc) is 3.08. The van der Waals surface area contributed by atoms with Crippen LogP contribution in [0, 0.1) is 10.1 Å². The van der Waals surface area contributed by atoms with Gasteiger partial charge in [-0.25, -0.2) is 0 Å². The third kappa shape index (κ3) is 5.33. The number of nitrogens with zero attached hydrogens (tertiary/aromatic N) is 4. The molecule has 0 amide bonds. The second-order valence-electron chi connectivity index (χ2n) is 4.50. The van der Waals surface area contributed by atoms with E-state index in [-0.39, 0.29) is 29.7 Å². The Morgan fingerprint density at radius 2 is 2.29 bits per heavy atom. The Balaban J connectivity index is 0.00000220. The lowest BCUT2D eigenvalue weighted by molar-refractivity contribution is -0.385. The van der Waals surface area contributed by atoms with E-state index in [1.54, 1.807) is 7.05 Å². The second-order valence-corrected chi connectivity index (χ2v) is 4.50. The molecular formula is C12H19IN6O2. The Hall–Kier alpha value is -1.65. The molecule has 9 heteroatoms. The van der Waals surface area contributed by atoms with E-state index in [0.717, 1.165) is 18.8 Å². The summed E-state index contributed by atoms with van der Waals surface area (Å²) in [6.45, 7) is 1.14. The number of halogens is 1. The molecule has 1 aromatic heterocycles. The van der Waals surface area contributed by atoms with E-state index in [1.807, 2.05) is 0 Å². The first kappa shape index (κ1) is 17.4. The third-order valence-corrected chi connectivity index (χ3v) is 3.04. The van der Waals surface area contributed by atoms with Crippen molar-refractivity contribution in [2.45, 2.75) is 25.4 Å². The van der Waals surface area contributed by atoms with Crippen molar-refractivity contribution in [2.75, 3.05) is 13.6 Å². The predicted octanol–water partition coefficient (Wildman–Crippen LogP) is 1.29. The fraction of sp³-hybridized carbons (Fsp3) is 0.500. The molecule has 0 atom stereocenters. The van der Waals surface area contributed by atoms with Gasteiger partial charge >= 0.3 is 5.69 Å². The first-order valence-corrected chi connectivity index (χ1v) is 6.48. The van der Waals surface area contributed by atoms with Gasteiger partial charge in [0.25, 0.3) is 0 Å². The molecule has 0 saturated carbocycles. The SMILES string of the molecule is CN=C(NCCn1cc([N+](=O)[O-])cn1)NC1CC=CC1.I. The summed E-state index contributed by atoms with van der Waals surface area (Å²) in [5.41, 5.74) is 0.00420. The van der Waals surface area contributed by atoms with Crippen LogP contribution in [0.1, 0.15) is 12.8 Å². The fourth-order valence-corrected chi connectivity index (χ4v) is 1.98. The van der Waals surface area contributed by atoms with Crippen molar-refractivity contribution in [1.82, 2.24) is 20.4 Å². The first-order chi connectivity index (χ1) is 9.69. The van der Waals surface area contributed by atoms with E-state index in [2.05, 4.69) is 32.9 Å². The van der Waals surface area contributed by atoms with Crippen molar-refractivity contribution in [2.24, 2.45) is 4.99 Å². The summed E-state index contributed by atoms with van der Waals surface area (Å²) < 4.78 is 1.54. The Labute approximate surface area is 139 Å². The molecule has 8 nitrogen and oxygen atoms in total. The quantitative estimate of drug-likeness (QED) is 0.192. The molecule has 1 aromatic rings. The highest BCUT2D eigenvalue weighted by molar-refractivity contribution is 14.0. The van der Waals surface area contributed by atoms with Gasteiger partial charge in [-0.2, -0.15) is 5.10 Å². The van der Waals surface area contributed by atoms with Gasteiger partial charge in [0, 0.05) is 19.6 Å². The maximum atomic E-state index is 10.5. The fourth-order valence-electron chi connectivity index (χ4n) is 1.98. The van der Waals surface area contributed by atoms with Gasteiger partial charge in [0.2, 0.25) is 0 Å². The normalized spacial score (nSPS) is 14.8. The highest BCUT2D eigenvalue weighted by Crippen LogP contribution is 2.09. The van der Waals surface area contributed by atoms with Gasteiger partial charge in [-0.1, -0.05) is 12.2 Å². The standard InChI is InChI=1S/C12H18N6O2.HI/c1-13-12(16-10-4-2-3-5-10)14-6-7-17-9-11(8-15-17)18(19)20;/h2-3,8-10H,4-7H2,1H3,(H2,13,14,16);1H. The number of nitrogens with one attached hydrogen (secondary N) is 2. The molecule has 116 valence electrons. The van der Waals surface area contributed by atoms with Gasteiger partial charge in [0.1, 0.15) is 12.4 Å². The zero-order valence-corrected chi connectivity index (χ0v) is 14.1. The maximum absolute atomic E-state index is 10.5. The smallest absolute Gasteiger partial charge is 0.306 e. The van der Waals surface area contributed by atoms with E-state index in [1.165, 1.54) is 17.1 Å². The van der Waals surface area contributed by atoms with Crippen molar-refractivity contribution < 1.29 is 4.92 Å². The van der Waals surface area contributed by atoms with E-state index < -0.39 is 4.92 Å². The van der Waals surface area contributed by atoms with Crippen molar-refractivity contribution in [3.05, 3.63) is 34.7 Å². The first-order valence-electron chi connectivity index (χ1n) is 6.48. The molecule has 1 aliphatic carbocycles. The maximum Gasteiger partial charge on any atom is 0.306 e. The van der Waals surface area contributed by atoms with Gasteiger partial charge in [-0.05, 0) is 12.8 Å². The van der Waals surface area contributed by atoms with Crippen molar-refractivity contribution in [3.63, 3.8) is 0 Å². The van der Waals surface area contributed by atoms with Gasteiger partial charge < -0.3 is 10.6 Å². The van der Waals surface area contributed by atoms with E-state index in [4.69, 9.17) is 0 Å². The van der Waals surface area contributed by atoms with Crippen molar-refractivity contribution in [1.29, 1.82) is 0 Å². The number of aliphatic imine (C=N–C) groups is 1. The van der Waals surface area contributed by atoms with Gasteiger partial charge in [0.15, 0.2) is 5.96 Å². The number of rotatable bonds is 5. The summed E-state index contributed by atoms with van der Waals surface area (Å²) in [4.78, 5) is 14.2. The van der Waals surface area contributed by atoms with Crippen LogP contribution < -0.4 is 10.6 Å². The van der Waals surface area contributed by atoms with Crippen LogP contribution in [-0.2, 0) is 6.54 Å². The lowest BCUT2D eigenvalue weighted by Gasteiger charge is -2.16. The molecule has 0 fully saturated rings. The second kappa shape index (κ2) is 8.60. The Bertz CT molecular complexity index is 520. The molecule has 0 radical (unpaired) electrons. The molecule has 2 rings (SSSR count). The summed E-state index contributed by atoms with van der Waals surface area (Å²) in [6.07, 6.45) is 8.97. The van der Waals surface area contributed by atoms with Crippen LogP contribution >= 0.6 is 24.0 Å². The minimum absolute atomic E-state index is 0. The van der Waals surface area contributed by atoms with Crippen LogP contribution in [-0.4, -0.2) is 40.3 Å². The van der Waals surface area contributed by atoms with Crippen LogP contribution in [0.5, 0.6) is 0 Å². The third-order valence-electron chi connectivity index (χ3n) is 3.04. The van der Waals surface area contributed by atoms with Crippen LogP contribution in [0.25, 0.3) is 0 Å². The molecule has 2 N–H and O–H groups in total. The van der Waals surface area contributed by atoms with Crippen LogP contribution in [0.2, 0.25) is 0 Å². The van der Waals surface area contributed by atoms with Crippen LogP contribution in [0.15, 0.2) is 29.5 Å². The molecule has 1 heterocycles. The number of hydrogen-bond acceptors (Lipinski definition) is 4. The number of hydrogen-bond donors (Lipinski definition) is 2. The Kier molecular flexibility index (Phi) is 7.12. The molecule has 0 aliphatic heterocycles. The monoisotopic (exact) mass is 406 g/mol. The zero-order valence-electron chi connectivity index (χ0n) is 11.7.